The van der Waals surface area contributed by atoms with Crippen LogP contribution in [-0.2, 0) is 16.1 Å². The van der Waals surface area contributed by atoms with E-state index in [0.29, 0.717) is 59.1 Å². The molecule has 0 spiro atoms. The van der Waals surface area contributed by atoms with Gasteiger partial charge in [-0.2, -0.15) is 9.97 Å². The summed E-state index contributed by atoms with van der Waals surface area (Å²) in [5, 5.41) is 27.8. The van der Waals surface area contributed by atoms with Crippen LogP contribution in [0.2, 0.25) is 15.1 Å². The fourth-order valence-corrected chi connectivity index (χ4v) is 12.9. The molecule has 4 aliphatic heterocycles. The lowest BCUT2D eigenvalue weighted by Gasteiger charge is -2.52. The van der Waals surface area contributed by atoms with Crippen molar-refractivity contribution in [1.82, 2.24) is 29.7 Å². The first kappa shape index (κ1) is 52.4. The number of piperidine rings is 2. The Morgan fingerprint density at radius 3 is 1.72 bits per heavy atom. The number of nitrogens with zero attached hydrogens (tertiary/aromatic N) is 8. The standard InChI is InChI=1S/C29H40ClN5O2.C26H33Cl2N5O2/c1-17-8-9-24(25(30)11-17)20(4)31-26-18(2)19(3)32-28(33-26)35-15-22(16-35)21-7-6-10-34(14-21)23-12-29(5,13-23)27(36)37;1-16-5-6-17(21(27)8-16)11-29-23-22(28)12-30-25(31-23)33-14-19(15-33)18-4-3-7-32(13-18)20-9-26(2,10-20)24(34)35/h8-9,11,20-23H,6-7,10,12-16H2,1-5H3,(H,36,37)(H,31,32,33);5-6,8,12,18-20H,3-4,7,9-11,13-15H2,1-2H3,(H,34,35)(H,29,30,31). The molecule has 388 valence electrons. The molecule has 0 radical (unpaired) electrons. The van der Waals surface area contributed by atoms with E-state index < -0.39 is 22.8 Å². The fourth-order valence-electron chi connectivity index (χ4n) is 12.1. The van der Waals surface area contributed by atoms with Crippen molar-refractivity contribution in [1.29, 1.82) is 0 Å². The topological polar surface area (TPSA) is 163 Å². The number of anilines is 4. The van der Waals surface area contributed by atoms with Crippen LogP contribution in [0.15, 0.2) is 42.6 Å². The van der Waals surface area contributed by atoms with E-state index in [9.17, 15) is 19.8 Å². The molecule has 6 fully saturated rings. The maximum absolute atomic E-state index is 11.5. The molecule has 3 unspecified atom stereocenters. The summed E-state index contributed by atoms with van der Waals surface area (Å²) in [7, 11) is 0. The Balaban J connectivity index is 0.000000178. The predicted molar refractivity (Wildman–Crippen MR) is 288 cm³/mol. The Kier molecular flexibility index (Phi) is 15.6. The quantitative estimate of drug-likeness (QED) is 0.0943. The lowest BCUT2D eigenvalue weighted by atomic mass is 9.65. The van der Waals surface area contributed by atoms with Gasteiger partial charge in [-0.25, -0.2) is 9.97 Å². The summed E-state index contributed by atoms with van der Waals surface area (Å²) in [5.41, 5.74) is 5.33. The lowest BCUT2D eigenvalue weighted by molar-refractivity contribution is -0.159. The molecule has 14 nitrogen and oxygen atoms in total. The molecule has 2 aromatic heterocycles. The van der Waals surface area contributed by atoms with Crippen molar-refractivity contribution >= 4 is 70.3 Å². The first-order valence-electron chi connectivity index (χ1n) is 26.1. The molecule has 0 bridgehead atoms. The lowest BCUT2D eigenvalue weighted by Crippen LogP contribution is -2.58. The van der Waals surface area contributed by atoms with Gasteiger partial charge in [0.1, 0.15) is 10.8 Å². The van der Waals surface area contributed by atoms with E-state index in [1.165, 1.54) is 25.7 Å². The zero-order valence-electron chi connectivity index (χ0n) is 43.0. The van der Waals surface area contributed by atoms with E-state index in [-0.39, 0.29) is 6.04 Å². The van der Waals surface area contributed by atoms with Gasteiger partial charge < -0.3 is 40.4 Å². The Labute approximate surface area is 440 Å². The molecule has 2 saturated carbocycles. The second-order valence-corrected chi connectivity index (χ2v) is 24.0. The van der Waals surface area contributed by atoms with Gasteiger partial charge in [0.2, 0.25) is 11.9 Å². The van der Waals surface area contributed by atoms with Crippen LogP contribution in [0.4, 0.5) is 23.5 Å². The van der Waals surface area contributed by atoms with Gasteiger partial charge >= 0.3 is 11.9 Å². The Bertz CT molecular complexity index is 2630. The maximum Gasteiger partial charge on any atom is 0.309 e. The number of carbonyl (C=O) groups is 2. The molecule has 17 heteroatoms. The molecule has 0 amide bonds. The average molecular weight is 1040 g/mol. The summed E-state index contributed by atoms with van der Waals surface area (Å²) in [6.07, 6.45) is 9.66. The molecular weight excluding hydrogens is 971 g/mol. The highest BCUT2D eigenvalue weighted by Crippen LogP contribution is 2.47. The minimum atomic E-state index is -0.657. The number of aryl methyl sites for hydroxylation is 3. The molecule has 4 aromatic rings. The van der Waals surface area contributed by atoms with Crippen LogP contribution in [0, 0.1) is 62.2 Å². The molecule has 2 aromatic carbocycles. The van der Waals surface area contributed by atoms with E-state index in [1.54, 1.807) is 6.20 Å². The number of halogens is 3. The molecule has 4 N–H and O–H groups in total. The van der Waals surface area contributed by atoms with Crippen LogP contribution < -0.4 is 20.4 Å². The minimum Gasteiger partial charge on any atom is -0.481 e. The van der Waals surface area contributed by atoms with Gasteiger partial charge in [-0.1, -0.05) is 59.1 Å². The molecule has 4 saturated heterocycles. The van der Waals surface area contributed by atoms with E-state index in [4.69, 9.17) is 49.8 Å². The molecule has 72 heavy (non-hydrogen) atoms. The monoisotopic (exact) mass is 1040 g/mol. The maximum atomic E-state index is 11.5. The number of hydrogen-bond acceptors (Lipinski definition) is 12. The highest BCUT2D eigenvalue weighted by Gasteiger charge is 2.51. The third-order valence-corrected chi connectivity index (χ3v) is 18.2. The van der Waals surface area contributed by atoms with E-state index in [0.717, 1.165) is 133 Å². The molecule has 6 heterocycles. The fraction of sp³-hybridized carbons (Fsp3) is 0.600. The van der Waals surface area contributed by atoms with Gasteiger partial charge in [-0.15, -0.1) is 0 Å². The smallest absolute Gasteiger partial charge is 0.309 e. The number of likely N-dealkylation sites (tertiary alicyclic amines) is 2. The van der Waals surface area contributed by atoms with E-state index >= 15 is 0 Å². The van der Waals surface area contributed by atoms with Gasteiger partial charge in [0.25, 0.3) is 0 Å². The second kappa shape index (κ2) is 21.4. The normalized spacial score (nSPS) is 27.3. The van der Waals surface area contributed by atoms with Crippen molar-refractivity contribution in [2.75, 3.05) is 72.8 Å². The van der Waals surface area contributed by atoms with E-state index in [1.807, 2.05) is 52.0 Å². The van der Waals surface area contributed by atoms with Crippen LogP contribution >= 0.6 is 34.8 Å². The van der Waals surface area contributed by atoms with Crippen molar-refractivity contribution in [3.8, 4) is 0 Å². The summed E-state index contributed by atoms with van der Waals surface area (Å²) in [4.78, 5) is 51.5. The zero-order chi connectivity index (χ0) is 51.2. The van der Waals surface area contributed by atoms with Crippen LogP contribution in [-0.4, -0.2) is 116 Å². The minimum absolute atomic E-state index is 0.0285. The molecule has 6 aliphatic rings. The SMILES string of the molecule is Cc1ccc(C(C)Nc2nc(N3CC(C4CCCN(C5CC(C)(C(=O)O)C5)C4)C3)nc(C)c2C)c(Cl)c1.Cc1ccc(CNc2nc(N3CC(C4CCCN(C5CC(C)(C(=O)O)C5)C4)C3)ncc2Cl)c(Cl)c1. The number of aromatic nitrogens is 4. The van der Waals surface area contributed by atoms with Crippen LogP contribution in [0.25, 0.3) is 0 Å². The predicted octanol–water partition coefficient (Wildman–Crippen LogP) is 10.7. The number of aliphatic carboxylic acids is 2. The molecule has 3 atom stereocenters. The van der Waals surface area contributed by atoms with Crippen LogP contribution in [0.3, 0.4) is 0 Å². The van der Waals surface area contributed by atoms with Gasteiger partial charge in [0.05, 0.1) is 23.1 Å². The van der Waals surface area contributed by atoms with Crippen molar-refractivity contribution in [3.05, 3.63) is 91.2 Å². The third kappa shape index (κ3) is 11.3. The van der Waals surface area contributed by atoms with Crippen molar-refractivity contribution in [2.24, 2.45) is 34.5 Å². The second-order valence-electron chi connectivity index (χ2n) is 22.8. The first-order chi connectivity index (χ1) is 34.2. The zero-order valence-corrected chi connectivity index (χ0v) is 45.3. The number of nitrogens with one attached hydrogen (secondary N) is 2. The largest absolute Gasteiger partial charge is 0.481 e. The number of benzene rings is 2. The number of carboxylic acid groups (broad SMARTS) is 2. The summed E-state index contributed by atoms with van der Waals surface area (Å²) >= 11 is 19.3. The first-order valence-corrected chi connectivity index (χ1v) is 27.2. The number of rotatable bonds is 14. The summed E-state index contributed by atoms with van der Waals surface area (Å²) in [6.45, 7) is 22.8. The Hall–Kier alpha value is -4.47. The summed E-state index contributed by atoms with van der Waals surface area (Å²) in [6, 6.07) is 13.1. The summed E-state index contributed by atoms with van der Waals surface area (Å²) < 4.78 is 0. The number of hydrogen-bond donors (Lipinski definition) is 4. The van der Waals surface area contributed by atoms with Crippen molar-refractivity contribution < 1.29 is 19.8 Å². The van der Waals surface area contributed by atoms with Gasteiger partial charge in [0, 0.05) is 79.2 Å². The highest BCUT2D eigenvalue weighted by molar-refractivity contribution is 6.33. The molecule has 2 aliphatic carbocycles. The van der Waals surface area contributed by atoms with Gasteiger partial charge in [-0.3, -0.25) is 9.59 Å². The Morgan fingerprint density at radius 1 is 0.681 bits per heavy atom. The van der Waals surface area contributed by atoms with Crippen molar-refractivity contribution in [2.45, 2.75) is 125 Å². The van der Waals surface area contributed by atoms with Crippen LogP contribution in [0.1, 0.15) is 112 Å². The van der Waals surface area contributed by atoms with Gasteiger partial charge in [0.15, 0.2) is 5.82 Å². The summed E-state index contributed by atoms with van der Waals surface area (Å²) in [5.74, 6) is 4.24. The average Bonchev–Trinajstić information content (AvgIpc) is 3.28. The number of carboxylic acids is 2. The molecular formula is C55H73Cl3N10O4. The van der Waals surface area contributed by atoms with Gasteiger partial charge in [-0.05, 0) is 171 Å². The molecule has 10 rings (SSSR count). The van der Waals surface area contributed by atoms with Crippen molar-refractivity contribution in [3.63, 3.8) is 0 Å². The Morgan fingerprint density at radius 2 is 1.19 bits per heavy atom. The van der Waals surface area contributed by atoms with E-state index in [2.05, 4.69) is 68.1 Å². The van der Waals surface area contributed by atoms with Crippen LogP contribution in [0.5, 0.6) is 0 Å². The highest BCUT2D eigenvalue weighted by atomic mass is 35.5. The third-order valence-electron chi connectivity index (χ3n) is 17.2.